The zero-order valence-electron chi connectivity index (χ0n) is 12.8. The molecule has 9 heteroatoms. The molecule has 0 saturated carbocycles. The topological polar surface area (TPSA) is 89.7 Å². The van der Waals surface area contributed by atoms with Gasteiger partial charge in [0.2, 0.25) is 0 Å². The van der Waals surface area contributed by atoms with E-state index < -0.39 is 15.9 Å². The van der Waals surface area contributed by atoms with Crippen LogP contribution in [0.2, 0.25) is 5.02 Å². The van der Waals surface area contributed by atoms with Crippen LogP contribution in [0.25, 0.3) is 0 Å². The molecule has 2 N–H and O–H groups in total. The molecule has 0 saturated heterocycles. The fraction of sp³-hybridized carbons (Fsp3) is 0.133. The minimum absolute atomic E-state index is 0.0867. The van der Waals surface area contributed by atoms with Crippen molar-refractivity contribution >= 4 is 49.1 Å². The number of anilines is 1. The summed E-state index contributed by atoms with van der Waals surface area (Å²) in [6.07, 6.45) is 0. The molecule has 0 unspecified atom stereocenters. The smallest absolute Gasteiger partial charge is 0.267 e. The molecule has 2 aromatic carbocycles. The summed E-state index contributed by atoms with van der Waals surface area (Å²) in [5.41, 5.74) is 5.57. The Morgan fingerprint density at radius 3 is 2.50 bits per heavy atom. The fourth-order valence-corrected chi connectivity index (χ4v) is 4.74. The molecule has 0 atom stereocenters. The second-order valence-corrected chi connectivity index (χ2v) is 8.00. The molecule has 24 heavy (non-hydrogen) atoms. The molecule has 0 heterocycles. The number of rotatable bonds is 5. The van der Waals surface area contributed by atoms with Gasteiger partial charge in [-0.05, 0) is 40.2 Å². The first-order valence-electron chi connectivity index (χ1n) is 6.61. The number of nitrogens with two attached hydrogens (primary N) is 1. The number of methoxy groups -OCH3 is 1. The second kappa shape index (κ2) is 7.00. The van der Waals surface area contributed by atoms with Crippen molar-refractivity contribution in [2.45, 2.75) is 4.90 Å². The van der Waals surface area contributed by atoms with Crippen molar-refractivity contribution in [2.75, 3.05) is 18.5 Å². The number of sulfonamides is 1. The number of hydrogen-bond acceptors (Lipinski definition) is 4. The van der Waals surface area contributed by atoms with E-state index in [4.69, 9.17) is 22.1 Å². The van der Waals surface area contributed by atoms with Crippen molar-refractivity contribution in [2.24, 2.45) is 5.73 Å². The van der Waals surface area contributed by atoms with Crippen LogP contribution in [0.1, 0.15) is 10.4 Å². The number of hydrogen-bond donors (Lipinski definition) is 1. The normalized spacial score (nSPS) is 11.2. The van der Waals surface area contributed by atoms with Gasteiger partial charge >= 0.3 is 0 Å². The van der Waals surface area contributed by atoms with Gasteiger partial charge in [-0.3, -0.25) is 9.10 Å². The number of ether oxygens (including phenoxy) is 1. The van der Waals surface area contributed by atoms with Gasteiger partial charge in [0.1, 0.15) is 4.90 Å². The third kappa shape index (κ3) is 3.35. The zero-order valence-corrected chi connectivity index (χ0v) is 15.9. The van der Waals surface area contributed by atoms with E-state index in [0.717, 1.165) is 4.31 Å². The second-order valence-electron chi connectivity index (χ2n) is 4.77. The number of nitrogens with zero attached hydrogens (tertiary/aromatic N) is 1. The van der Waals surface area contributed by atoms with Crippen molar-refractivity contribution in [3.8, 4) is 5.75 Å². The lowest BCUT2D eigenvalue weighted by molar-refractivity contribution is 0.100. The average molecular weight is 434 g/mol. The molecule has 0 aliphatic rings. The average Bonchev–Trinajstić information content (AvgIpc) is 2.53. The van der Waals surface area contributed by atoms with Crippen LogP contribution < -0.4 is 14.8 Å². The van der Waals surface area contributed by atoms with Gasteiger partial charge in [0, 0.05) is 12.1 Å². The number of halogens is 2. The monoisotopic (exact) mass is 432 g/mol. The van der Waals surface area contributed by atoms with Gasteiger partial charge in [-0.25, -0.2) is 8.42 Å². The molecule has 2 rings (SSSR count). The van der Waals surface area contributed by atoms with Gasteiger partial charge in [0.15, 0.2) is 5.75 Å². The maximum atomic E-state index is 13.0. The molecular formula is C15H14BrClN2O4S. The van der Waals surface area contributed by atoms with Gasteiger partial charge in [0.25, 0.3) is 15.9 Å². The number of amides is 1. The standard InChI is InChI=1S/C15H14BrClN2O4S/c1-19(12-6-4-3-5-10(12)15(18)20)24(21,22)13-8-9(17)7-11(16)14(13)23-2/h3-8H,1-2H3,(H2,18,20). The van der Waals surface area contributed by atoms with Gasteiger partial charge in [-0.2, -0.15) is 0 Å². The maximum absolute atomic E-state index is 13.0. The Labute approximate surface area is 153 Å². The predicted molar refractivity (Wildman–Crippen MR) is 96.3 cm³/mol. The molecule has 0 aliphatic heterocycles. The van der Waals surface area contributed by atoms with Gasteiger partial charge in [-0.15, -0.1) is 0 Å². The Balaban J connectivity index is 2.67. The lowest BCUT2D eigenvalue weighted by Gasteiger charge is -2.23. The van der Waals surface area contributed by atoms with Crippen LogP contribution >= 0.6 is 27.5 Å². The predicted octanol–water partition coefficient (Wildman–Crippen LogP) is 3.04. The van der Waals surface area contributed by atoms with Crippen molar-refractivity contribution < 1.29 is 17.9 Å². The first-order chi connectivity index (χ1) is 11.2. The van der Waals surface area contributed by atoms with Crippen molar-refractivity contribution in [1.29, 1.82) is 0 Å². The van der Waals surface area contributed by atoms with Crippen LogP contribution in [0.3, 0.4) is 0 Å². The lowest BCUT2D eigenvalue weighted by atomic mass is 10.2. The largest absolute Gasteiger partial charge is 0.494 e. The highest BCUT2D eigenvalue weighted by Crippen LogP contribution is 2.38. The Bertz CT molecular complexity index is 902. The van der Waals surface area contributed by atoms with Gasteiger partial charge in [0.05, 0.1) is 22.8 Å². The Kier molecular flexibility index (Phi) is 5.42. The minimum Gasteiger partial charge on any atom is -0.494 e. The minimum atomic E-state index is -4.05. The van der Waals surface area contributed by atoms with Gasteiger partial charge in [-0.1, -0.05) is 23.7 Å². The summed E-state index contributed by atoms with van der Waals surface area (Å²) in [5, 5.41) is 0.220. The molecule has 0 fully saturated rings. The maximum Gasteiger partial charge on any atom is 0.267 e. The third-order valence-corrected chi connectivity index (χ3v) is 5.91. The molecule has 0 aromatic heterocycles. The summed E-state index contributed by atoms with van der Waals surface area (Å²) in [6.45, 7) is 0. The van der Waals surface area contributed by atoms with Crippen molar-refractivity contribution in [3.05, 3.63) is 51.5 Å². The van der Waals surface area contributed by atoms with E-state index >= 15 is 0 Å². The Hall–Kier alpha value is -1.77. The molecular weight excluding hydrogens is 420 g/mol. The number of para-hydroxylation sites is 1. The lowest BCUT2D eigenvalue weighted by Crippen LogP contribution is -2.29. The molecule has 2 aromatic rings. The van der Waals surface area contributed by atoms with Crippen LogP contribution in [-0.2, 0) is 10.0 Å². The van der Waals surface area contributed by atoms with Crippen LogP contribution in [0.5, 0.6) is 5.75 Å². The quantitative estimate of drug-likeness (QED) is 0.785. The number of benzene rings is 2. The Morgan fingerprint density at radius 2 is 1.92 bits per heavy atom. The molecule has 0 bridgehead atoms. The summed E-state index contributed by atoms with van der Waals surface area (Å²) in [4.78, 5) is 11.4. The van der Waals surface area contributed by atoms with E-state index in [1.165, 1.54) is 38.4 Å². The molecule has 0 spiro atoms. The molecule has 6 nitrogen and oxygen atoms in total. The zero-order chi connectivity index (χ0) is 18.1. The highest BCUT2D eigenvalue weighted by Gasteiger charge is 2.29. The van der Waals surface area contributed by atoms with E-state index in [1.807, 2.05) is 0 Å². The fourth-order valence-electron chi connectivity index (χ4n) is 2.16. The van der Waals surface area contributed by atoms with E-state index in [-0.39, 0.29) is 26.9 Å². The van der Waals surface area contributed by atoms with E-state index in [1.54, 1.807) is 12.1 Å². The van der Waals surface area contributed by atoms with Crippen LogP contribution in [-0.4, -0.2) is 28.5 Å². The Morgan fingerprint density at radius 1 is 1.29 bits per heavy atom. The highest BCUT2D eigenvalue weighted by atomic mass is 79.9. The van der Waals surface area contributed by atoms with Crippen LogP contribution in [0.4, 0.5) is 5.69 Å². The first-order valence-corrected chi connectivity index (χ1v) is 9.22. The van der Waals surface area contributed by atoms with E-state index in [9.17, 15) is 13.2 Å². The summed E-state index contributed by atoms with van der Waals surface area (Å²) in [7, 11) is -1.37. The van der Waals surface area contributed by atoms with Crippen LogP contribution in [0, 0.1) is 0 Å². The third-order valence-electron chi connectivity index (χ3n) is 3.33. The summed E-state index contributed by atoms with van der Waals surface area (Å²) in [5.74, 6) is -0.616. The molecule has 1 amide bonds. The van der Waals surface area contributed by atoms with Crippen molar-refractivity contribution in [1.82, 2.24) is 0 Å². The highest BCUT2D eigenvalue weighted by molar-refractivity contribution is 9.10. The molecule has 0 radical (unpaired) electrons. The summed E-state index contributed by atoms with van der Waals surface area (Å²) in [6, 6.07) is 8.96. The molecule has 128 valence electrons. The molecule has 0 aliphatic carbocycles. The van der Waals surface area contributed by atoms with E-state index in [0.29, 0.717) is 4.47 Å². The summed E-state index contributed by atoms with van der Waals surface area (Å²) >= 11 is 9.20. The SMILES string of the molecule is COc1c(Br)cc(Cl)cc1S(=O)(=O)N(C)c1ccccc1C(N)=O. The van der Waals surface area contributed by atoms with Crippen LogP contribution in [0.15, 0.2) is 45.8 Å². The van der Waals surface area contributed by atoms with E-state index in [2.05, 4.69) is 15.9 Å². The number of primary amides is 1. The number of carbonyl (C=O) groups excluding carboxylic acids is 1. The summed E-state index contributed by atoms with van der Waals surface area (Å²) < 4.78 is 32.6. The first kappa shape index (κ1) is 18.6. The van der Waals surface area contributed by atoms with Crippen molar-refractivity contribution in [3.63, 3.8) is 0 Å². The number of carbonyl (C=O) groups is 1. The van der Waals surface area contributed by atoms with Gasteiger partial charge < -0.3 is 10.5 Å².